The second kappa shape index (κ2) is 9.50. The first-order valence-electron chi connectivity index (χ1n) is 10.5. The first-order chi connectivity index (χ1) is 13.4. The van der Waals surface area contributed by atoms with Crippen LogP contribution in [0.3, 0.4) is 0 Å². The van der Waals surface area contributed by atoms with Crippen LogP contribution in [-0.2, 0) is 16.1 Å². The molecule has 0 N–H and O–H groups in total. The molecule has 0 saturated carbocycles. The zero-order valence-electron chi connectivity index (χ0n) is 17.1. The minimum absolute atomic E-state index is 0.0851. The average molecular weight is 390 g/mol. The number of nitrogens with zero attached hydrogens (tertiary/aromatic N) is 3. The van der Waals surface area contributed by atoms with Gasteiger partial charge in [0.2, 0.25) is 11.8 Å². The SMILES string of the molecule is CC(C)[C@@H]1CN(CCC(=O)N2CCCC2)CCC(=O)N1Cc1ccc(F)cc1. The Hall–Kier alpha value is -1.95. The number of benzene rings is 1. The Morgan fingerprint density at radius 2 is 1.82 bits per heavy atom. The summed E-state index contributed by atoms with van der Waals surface area (Å²) in [7, 11) is 0. The maximum absolute atomic E-state index is 13.2. The first-order valence-corrected chi connectivity index (χ1v) is 10.5. The Labute approximate surface area is 167 Å². The van der Waals surface area contributed by atoms with Gasteiger partial charge >= 0.3 is 0 Å². The molecule has 154 valence electrons. The van der Waals surface area contributed by atoms with Crippen LogP contribution in [0.1, 0.15) is 45.1 Å². The molecule has 1 atom stereocenters. The molecular formula is C22H32FN3O2. The van der Waals surface area contributed by atoms with E-state index < -0.39 is 0 Å². The van der Waals surface area contributed by atoms with E-state index in [2.05, 4.69) is 18.7 Å². The highest BCUT2D eigenvalue weighted by Gasteiger charge is 2.32. The van der Waals surface area contributed by atoms with Crippen LogP contribution in [-0.4, -0.2) is 65.3 Å². The highest BCUT2D eigenvalue weighted by molar-refractivity contribution is 5.77. The van der Waals surface area contributed by atoms with Crippen LogP contribution in [0.15, 0.2) is 24.3 Å². The van der Waals surface area contributed by atoms with Gasteiger partial charge in [0.05, 0.1) is 0 Å². The van der Waals surface area contributed by atoms with Gasteiger partial charge in [0, 0.05) is 58.2 Å². The fourth-order valence-electron chi connectivity index (χ4n) is 4.18. The number of likely N-dealkylation sites (tertiary alicyclic amines) is 1. The molecule has 2 aliphatic rings. The van der Waals surface area contributed by atoms with Gasteiger partial charge in [0.25, 0.3) is 0 Å². The van der Waals surface area contributed by atoms with E-state index in [0.29, 0.717) is 38.4 Å². The van der Waals surface area contributed by atoms with E-state index in [-0.39, 0.29) is 23.7 Å². The lowest BCUT2D eigenvalue weighted by Gasteiger charge is -2.35. The summed E-state index contributed by atoms with van der Waals surface area (Å²) in [5.74, 6) is 0.410. The number of carbonyl (C=O) groups excluding carboxylic acids is 2. The second-order valence-corrected chi connectivity index (χ2v) is 8.35. The van der Waals surface area contributed by atoms with Crippen molar-refractivity contribution < 1.29 is 14.0 Å². The lowest BCUT2D eigenvalue weighted by atomic mass is 10.0. The van der Waals surface area contributed by atoms with Gasteiger partial charge < -0.3 is 14.7 Å². The topological polar surface area (TPSA) is 43.9 Å². The van der Waals surface area contributed by atoms with Gasteiger partial charge in [-0.2, -0.15) is 0 Å². The van der Waals surface area contributed by atoms with E-state index in [1.165, 1.54) is 12.1 Å². The summed E-state index contributed by atoms with van der Waals surface area (Å²) in [6.45, 7) is 8.71. The van der Waals surface area contributed by atoms with Crippen molar-refractivity contribution in [3.63, 3.8) is 0 Å². The number of amides is 2. The fourth-order valence-corrected chi connectivity index (χ4v) is 4.18. The zero-order valence-corrected chi connectivity index (χ0v) is 17.1. The van der Waals surface area contributed by atoms with Gasteiger partial charge in [0.15, 0.2) is 0 Å². The summed E-state index contributed by atoms with van der Waals surface area (Å²) in [6, 6.07) is 6.47. The van der Waals surface area contributed by atoms with Crippen molar-refractivity contribution in [3.05, 3.63) is 35.6 Å². The molecule has 3 rings (SSSR count). The van der Waals surface area contributed by atoms with Crippen LogP contribution >= 0.6 is 0 Å². The Morgan fingerprint density at radius 3 is 2.46 bits per heavy atom. The molecule has 28 heavy (non-hydrogen) atoms. The Kier molecular flexibility index (Phi) is 7.05. The molecule has 2 aliphatic heterocycles. The number of hydrogen-bond donors (Lipinski definition) is 0. The molecule has 5 nitrogen and oxygen atoms in total. The summed E-state index contributed by atoms with van der Waals surface area (Å²) in [5, 5.41) is 0. The third-order valence-electron chi connectivity index (χ3n) is 5.94. The molecule has 1 aromatic carbocycles. The number of carbonyl (C=O) groups is 2. The molecule has 0 aliphatic carbocycles. The van der Waals surface area contributed by atoms with E-state index in [0.717, 1.165) is 38.0 Å². The zero-order chi connectivity index (χ0) is 20.1. The second-order valence-electron chi connectivity index (χ2n) is 8.35. The summed E-state index contributed by atoms with van der Waals surface area (Å²) < 4.78 is 13.2. The fraction of sp³-hybridized carbons (Fsp3) is 0.636. The van der Waals surface area contributed by atoms with Crippen molar-refractivity contribution in [1.29, 1.82) is 0 Å². The largest absolute Gasteiger partial charge is 0.343 e. The maximum atomic E-state index is 13.2. The average Bonchev–Trinajstić information content (AvgIpc) is 3.16. The molecule has 0 spiro atoms. The summed E-state index contributed by atoms with van der Waals surface area (Å²) in [4.78, 5) is 31.4. The van der Waals surface area contributed by atoms with Crippen molar-refractivity contribution in [1.82, 2.24) is 14.7 Å². The summed E-state index contributed by atoms with van der Waals surface area (Å²) in [6.07, 6.45) is 3.20. The standard InChI is InChI=1S/C22H32FN3O2/c1-17(2)20-16-24(13-9-21(27)25-11-3-4-12-25)14-10-22(28)26(20)15-18-5-7-19(23)8-6-18/h5-8,17,20H,3-4,9-16H2,1-2H3/t20-/m0/s1. The van der Waals surface area contributed by atoms with E-state index in [9.17, 15) is 14.0 Å². The summed E-state index contributed by atoms with van der Waals surface area (Å²) >= 11 is 0. The molecule has 0 bridgehead atoms. The van der Waals surface area contributed by atoms with E-state index in [1.807, 2.05) is 9.80 Å². The Bertz CT molecular complexity index is 671. The van der Waals surface area contributed by atoms with Crippen LogP contribution in [0.4, 0.5) is 4.39 Å². The van der Waals surface area contributed by atoms with Crippen molar-refractivity contribution in [2.75, 3.05) is 32.7 Å². The van der Waals surface area contributed by atoms with E-state index in [1.54, 1.807) is 12.1 Å². The van der Waals surface area contributed by atoms with E-state index >= 15 is 0 Å². The Balaban J connectivity index is 1.63. The van der Waals surface area contributed by atoms with Crippen LogP contribution in [0.5, 0.6) is 0 Å². The quantitative estimate of drug-likeness (QED) is 0.751. The molecule has 1 aromatic rings. The number of halogens is 1. The van der Waals surface area contributed by atoms with Crippen LogP contribution < -0.4 is 0 Å². The van der Waals surface area contributed by atoms with Crippen molar-refractivity contribution in [2.24, 2.45) is 5.92 Å². The van der Waals surface area contributed by atoms with Crippen molar-refractivity contribution in [2.45, 2.75) is 52.1 Å². The highest BCUT2D eigenvalue weighted by atomic mass is 19.1. The lowest BCUT2D eigenvalue weighted by Crippen LogP contribution is -2.46. The Morgan fingerprint density at radius 1 is 1.14 bits per heavy atom. The molecule has 0 radical (unpaired) electrons. The van der Waals surface area contributed by atoms with Crippen LogP contribution in [0, 0.1) is 11.7 Å². The minimum atomic E-state index is -0.264. The predicted molar refractivity (Wildman–Crippen MR) is 107 cm³/mol. The monoisotopic (exact) mass is 389 g/mol. The van der Waals surface area contributed by atoms with Crippen LogP contribution in [0.25, 0.3) is 0 Å². The molecule has 2 heterocycles. The predicted octanol–water partition coefficient (Wildman–Crippen LogP) is 2.90. The molecule has 2 fully saturated rings. The summed E-state index contributed by atoms with van der Waals surface area (Å²) in [5.41, 5.74) is 0.943. The number of rotatable bonds is 6. The lowest BCUT2D eigenvalue weighted by molar-refractivity contribution is -0.134. The molecular weight excluding hydrogens is 357 g/mol. The van der Waals surface area contributed by atoms with Gasteiger partial charge in [0.1, 0.15) is 5.82 Å². The molecule has 0 aromatic heterocycles. The maximum Gasteiger partial charge on any atom is 0.224 e. The van der Waals surface area contributed by atoms with Gasteiger partial charge in [-0.3, -0.25) is 9.59 Å². The first kappa shape index (κ1) is 20.8. The third-order valence-corrected chi connectivity index (χ3v) is 5.94. The normalized spacial score (nSPS) is 21.4. The number of hydrogen-bond acceptors (Lipinski definition) is 3. The van der Waals surface area contributed by atoms with Crippen LogP contribution in [0.2, 0.25) is 0 Å². The van der Waals surface area contributed by atoms with Gasteiger partial charge in [-0.25, -0.2) is 4.39 Å². The van der Waals surface area contributed by atoms with Gasteiger partial charge in [-0.1, -0.05) is 26.0 Å². The smallest absolute Gasteiger partial charge is 0.224 e. The molecule has 0 unspecified atom stereocenters. The minimum Gasteiger partial charge on any atom is -0.343 e. The molecule has 2 amide bonds. The third kappa shape index (κ3) is 5.31. The highest BCUT2D eigenvalue weighted by Crippen LogP contribution is 2.21. The van der Waals surface area contributed by atoms with Gasteiger partial charge in [-0.15, -0.1) is 0 Å². The molecule has 2 saturated heterocycles. The van der Waals surface area contributed by atoms with Crippen molar-refractivity contribution in [3.8, 4) is 0 Å². The molecule has 6 heteroatoms. The van der Waals surface area contributed by atoms with Gasteiger partial charge in [-0.05, 0) is 36.5 Å². The van der Waals surface area contributed by atoms with E-state index in [4.69, 9.17) is 0 Å². The van der Waals surface area contributed by atoms with Crippen molar-refractivity contribution >= 4 is 11.8 Å².